The minimum absolute atomic E-state index is 0.0351. The van der Waals surface area contributed by atoms with Gasteiger partial charge < -0.3 is 10.1 Å². The van der Waals surface area contributed by atoms with Gasteiger partial charge in [-0.3, -0.25) is 0 Å². The molecule has 0 heterocycles. The van der Waals surface area contributed by atoms with Gasteiger partial charge in [-0.15, -0.1) is 0 Å². The Morgan fingerprint density at radius 1 is 1.19 bits per heavy atom. The van der Waals surface area contributed by atoms with Crippen molar-refractivity contribution in [3.63, 3.8) is 0 Å². The number of methoxy groups -OCH3 is 1. The lowest BCUT2D eigenvalue weighted by Gasteiger charge is -2.33. The van der Waals surface area contributed by atoms with E-state index >= 15 is 0 Å². The number of alkyl halides is 3. The van der Waals surface area contributed by atoms with Crippen LogP contribution in [0.3, 0.4) is 0 Å². The molecule has 0 radical (unpaired) electrons. The zero-order valence-corrected chi connectivity index (χ0v) is 12.4. The number of ether oxygens (including phenoxy) is 1. The van der Waals surface area contributed by atoms with Crippen molar-refractivity contribution >= 4 is 0 Å². The average Bonchev–Trinajstić information content (AvgIpc) is 2.47. The molecule has 1 aromatic rings. The number of nitrogens with one attached hydrogen (secondary N) is 1. The third-order valence-corrected chi connectivity index (χ3v) is 4.24. The second-order valence-corrected chi connectivity index (χ2v) is 5.76. The van der Waals surface area contributed by atoms with Crippen molar-refractivity contribution in [3.8, 4) is 5.75 Å². The Hall–Kier alpha value is -1.23. The summed E-state index contributed by atoms with van der Waals surface area (Å²) < 4.78 is 43.6. The first-order chi connectivity index (χ1) is 9.90. The molecule has 1 N–H and O–H groups in total. The quantitative estimate of drug-likeness (QED) is 0.886. The van der Waals surface area contributed by atoms with Crippen molar-refractivity contribution in [3.05, 3.63) is 29.8 Å². The van der Waals surface area contributed by atoms with Gasteiger partial charge >= 0.3 is 6.18 Å². The van der Waals surface area contributed by atoms with Gasteiger partial charge in [-0.1, -0.05) is 18.6 Å². The summed E-state index contributed by atoms with van der Waals surface area (Å²) in [5, 5.41) is 3.33. The first kappa shape index (κ1) is 16.1. The van der Waals surface area contributed by atoms with Crippen LogP contribution in [0.25, 0.3) is 0 Å². The third-order valence-electron chi connectivity index (χ3n) is 4.24. The van der Waals surface area contributed by atoms with Crippen LogP contribution in [0.1, 0.15) is 44.2 Å². The number of hydrogen-bond donors (Lipinski definition) is 1. The van der Waals surface area contributed by atoms with E-state index in [4.69, 9.17) is 4.74 Å². The van der Waals surface area contributed by atoms with E-state index in [1.807, 2.05) is 31.2 Å². The maximum atomic E-state index is 12.8. The van der Waals surface area contributed by atoms with Gasteiger partial charge in [-0.25, -0.2) is 0 Å². The molecule has 2 unspecified atom stereocenters. The van der Waals surface area contributed by atoms with Crippen LogP contribution in [-0.2, 0) is 0 Å². The predicted molar refractivity (Wildman–Crippen MR) is 76.3 cm³/mol. The van der Waals surface area contributed by atoms with E-state index in [0.717, 1.165) is 17.7 Å². The molecule has 3 atom stereocenters. The largest absolute Gasteiger partial charge is 0.497 e. The molecule has 1 aliphatic carbocycles. The molecule has 5 heteroatoms. The van der Waals surface area contributed by atoms with Crippen molar-refractivity contribution in [1.29, 1.82) is 0 Å². The molecule has 1 aliphatic rings. The predicted octanol–water partition coefficient (Wildman–Crippen LogP) is 4.47. The zero-order valence-electron chi connectivity index (χ0n) is 12.4. The molecule has 0 amide bonds. The van der Waals surface area contributed by atoms with Crippen LogP contribution in [0.15, 0.2) is 24.3 Å². The highest BCUT2D eigenvalue weighted by Gasteiger charge is 2.42. The van der Waals surface area contributed by atoms with Gasteiger partial charge in [0, 0.05) is 12.1 Å². The zero-order chi connectivity index (χ0) is 15.5. The molecule has 21 heavy (non-hydrogen) atoms. The molecule has 0 bridgehead atoms. The van der Waals surface area contributed by atoms with Crippen LogP contribution in [0.4, 0.5) is 13.2 Å². The summed E-state index contributed by atoms with van der Waals surface area (Å²) in [7, 11) is 1.61. The summed E-state index contributed by atoms with van der Waals surface area (Å²) in [4.78, 5) is 0. The maximum Gasteiger partial charge on any atom is 0.391 e. The molecule has 2 rings (SSSR count). The second kappa shape index (κ2) is 6.69. The van der Waals surface area contributed by atoms with Crippen molar-refractivity contribution in [1.82, 2.24) is 5.32 Å². The van der Waals surface area contributed by atoms with Crippen LogP contribution >= 0.6 is 0 Å². The SMILES string of the molecule is COc1ccc([C@H](C)NC2CCCC(C(F)(F)F)C2)cc1. The molecule has 1 aromatic carbocycles. The molecular formula is C16H22F3NO. The normalized spacial score (nSPS) is 24.6. The molecule has 0 aromatic heterocycles. The van der Waals surface area contributed by atoms with Gasteiger partial charge in [-0.05, 0) is 43.9 Å². The first-order valence-electron chi connectivity index (χ1n) is 7.37. The lowest BCUT2D eigenvalue weighted by molar-refractivity contribution is -0.183. The summed E-state index contributed by atoms with van der Waals surface area (Å²) >= 11 is 0. The Morgan fingerprint density at radius 2 is 1.86 bits per heavy atom. The molecule has 0 aliphatic heterocycles. The van der Waals surface area contributed by atoms with Crippen LogP contribution < -0.4 is 10.1 Å². The fourth-order valence-electron chi connectivity index (χ4n) is 2.98. The Kier molecular flexibility index (Phi) is 5.14. The van der Waals surface area contributed by atoms with Crippen LogP contribution in [0.5, 0.6) is 5.75 Å². The van der Waals surface area contributed by atoms with Crippen molar-refractivity contribution in [2.24, 2.45) is 5.92 Å². The fraction of sp³-hybridized carbons (Fsp3) is 0.625. The molecular weight excluding hydrogens is 279 g/mol. The highest BCUT2D eigenvalue weighted by molar-refractivity contribution is 5.28. The lowest BCUT2D eigenvalue weighted by atomic mass is 9.85. The van der Waals surface area contributed by atoms with Crippen molar-refractivity contribution in [2.75, 3.05) is 7.11 Å². The van der Waals surface area contributed by atoms with Crippen LogP contribution in [-0.4, -0.2) is 19.3 Å². The summed E-state index contributed by atoms with van der Waals surface area (Å²) in [5.41, 5.74) is 1.06. The second-order valence-electron chi connectivity index (χ2n) is 5.76. The smallest absolute Gasteiger partial charge is 0.391 e. The van der Waals surface area contributed by atoms with E-state index < -0.39 is 12.1 Å². The molecule has 118 valence electrons. The highest BCUT2D eigenvalue weighted by atomic mass is 19.4. The van der Waals surface area contributed by atoms with Gasteiger partial charge in [0.25, 0.3) is 0 Å². The van der Waals surface area contributed by atoms with Crippen molar-refractivity contribution in [2.45, 2.75) is 50.9 Å². The van der Waals surface area contributed by atoms with E-state index in [9.17, 15) is 13.2 Å². The van der Waals surface area contributed by atoms with E-state index in [-0.39, 0.29) is 24.9 Å². The lowest BCUT2D eigenvalue weighted by Crippen LogP contribution is -2.39. The topological polar surface area (TPSA) is 21.3 Å². The van der Waals surface area contributed by atoms with Gasteiger partial charge in [-0.2, -0.15) is 13.2 Å². The number of halogens is 3. The molecule has 1 saturated carbocycles. The van der Waals surface area contributed by atoms with E-state index in [0.29, 0.717) is 6.42 Å². The van der Waals surface area contributed by atoms with Crippen LogP contribution in [0, 0.1) is 5.92 Å². The van der Waals surface area contributed by atoms with Gasteiger partial charge in [0.1, 0.15) is 5.75 Å². The fourth-order valence-corrected chi connectivity index (χ4v) is 2.98. The molecule has 0 saturated heterocycles. The monoisotopic (exact) mass is 301 g/mol. The summed E-state index contributed by atoms with van der Waals surface area (Å²) in [6, 6.07) is 7.59. The third kappa shape index (κ3) is 4.37. The van der Waals surface area contributed by atoms with Gasteiger partial charge in [0.05, 0.1) is 13.0 Å². The van der Waals surface area contributed by atoms with Crippen molar-refractivity contribution < 1.29 is 17.9 Å². The Balaban J connectivity index is 1.93. The standard InChI is InChI=1S/C16H22F3NO/c1-11(12-6-8-15(21-2)9-7-12)20-14-5-3-4-13(10-14)16(17,18)19/h6-9,11,13-14,20H,3-5,10H2,1-2H3/t11-,13?,14?/m0/s1. The van der Waals surface area contributed by atoms with Gasteiger partial charge in [0.2, 0.25) is 0 Å². The minimum atomic E-state index is -4.07. The Morgan fingerprint density at radius 3 is 2.43 bits per heavy atom. The summed E-state index contributed by atoms with van der Waals surface area (Å²) in [6.45, 7) is 1.99. The Bertz CT molecular complexity index is 444. The minimum Gasteiger partial charge on any atom is -0.497 e. The van der Waals surface area contributed by atoms with E-state index in [2.05, 4.69) is 5.32 Å². The molecule has 0 spiro atoms. The first-order valence-corrected chi connectivity index (χ1v) is 7.37. The summed E-state index contributed by atoms with van der Waals surface area (Å²) in [6.07, 6.45) is -2.17. The number of benzene rings is 1. The average molecular weight is 301 g/mol. The Labute approximate surface area is 123 Å². The van der Waals surface area contributed by atoms with Crippen LogP contribution in [0.2, 0.25) is 0 Å². The highest BCUT2D eigenvalue weighted by Crippen LogP contribution is 2.38. The molecule has 1 fully saturated rings. The van der Waals surface area contributed by atoms with Gasteiger partial charge in [0.15, 0.2) is 0 Å². The number of rotatable bonds is 4. The van der Waals surface area contributed by atoms with E-state index in [1.165, 1.54) is 0 Å². The summed E-state index contributed by atoms with van der Waals surface area (Å²) in [5.74, 6) is -0.382. The number of hydrogen-bond acceptors (Lipinski definition) is 2. The molecule has 2 nitrogen and oxygen atoms in total. The van der Waals surface area contributed by atoms with E-state index in [1.54, 1.807) is 7.11 Å². The maximum absolute atomic E-state index is 12.8.